The molecule has 116 valence electrons. The van der Waals surface area contributed by atoms with Gasteiger partial charge in [0, 0.05) is 13.6 Å². The lowest BCUT2D eigenvalue weighted by Gasteiger charge is -2.17. The molecule has 0 saturated carbocycles. The van der Waals surface area contributed by atoms with Crippen molar-refractivity contribution >= 4 is 17.4 Å². The molecule has 2 aromatic rings. The fraction of sp³-hybridized carbons (Fsp3) is 0.294. The van der Waals surface area contributed by atoms with E-state index in [0.29, 0.717) is 5.69 Å². The molecule has 0 spiro atoms. The molecule has 0 fully saturated rings. The van der Waals surface area contributed by atoms with E-state index in [1.54, 1.807) is 24.4 Å². The summed E-state index contributed by atoms with van der Waals surface area (Å²) in [4.78, 5) is 18.4. The summed E-state index contributed by atoms with van der Waals surface area (Å²) in [6.45, 7) is 3.08. The lowest BCUT2D eigenvalue weighted by atomic mass is 10.2. The zero-order chi connectivity index (χ0) is 15.9. The molecule has 0 aliphatic rings. The Balaban J connectivity index is 2.02. The van der Waals surface area contributed by atoms with Crippen molar-refractivity contribution in [2.75, 3.05) is 23.8 Å². The van der Waals surface area contributed by atoms with Crippen molar-refractivity contribution in [3.05, 3.63) is 54.0 Å². The maximum absolute atomic E-state index is 13.5. The van der Waals surface area contributed by atoms with E-state index >= 15 is 0 Å². The van der Waals surface area contributed by atoms with E-state index < -0.39 is 11.7 Å². The predicted molar refractivity (Wildman–Crippen MR) is 86.8 cm³/mol. The van der Waals surface area contributed by atoms with E-state index in [2.05, 4.69) is 22.1 Å². The minimum atomic E-state index is -0.538. The number of hydrogen-bond donors (Lipinski definition) is 1. The average molecular weight is 301 g/mol. The molecule has 1 aromatic carbocycles. The molecule has 0 atom stereocenters. The van der Waals surface area contributed by atoms with Gasteiger partial charge < -0.3 is 10.2 Å². The van der Waals surface area contributed by atoms with Crippen LogP contribution in [0, 0.1) is 5.82 Å². The molecule has 0 bridgehead atoms. The number of nitrogens with one attached hydrogen (secondary N) is 1. The van der Waals surface area contributed by atoms with Crippen LogP contribution in [0.25, 0.3) is 0 Å². The molecule has 4 nitrogen and oxygen atoms in total. The van der Waals surface area contributed by atoms with Crippen LogP contribution in [0.4, 0.5) is 15.9 Å². The summed E-state index contributed by atoms with van der Waals surface area (Å²) in [6.07, 6.45) is 3.81. The van der Waals surface area contributed by atoms with Gasteiger partial charge in [-0.2, -0.15) is 0 Å². The number of pyridine rings is 1. The van der Waals surface area contributed by atoms with Gasteiger partial charge in [-0.1, -0.05) is 25.5 Å². The SMILES string of the molecule is CCCCN(C)c1ccc(NC(=O)c2ccccc2F)cn1. The smallest absolute Gasteiger partial charge is 0.258 e. The molecule has 0 aliphatic heterocycles. The second kappa shape index (κ2) is 7.54. The molecule has 2 rings (SSSR count). The first kappa shape index (κ1) is 15.9. The van der Waals surface area contributed by atoms with Gasteiger partial charge in [-0.05, 0) is 30.7 Å². The van der Waals surface area contributed by atoms with Crippen LogP contribution in [0.5, 0.6) is 0 Å². The number of anilines is 2. The maximum atomic E-state index is 13.5. The third-order valence-electron chi connectivity index (χ3n) is 3.36. The second-order valence-electron chi connectivity index (χ2n) is 5.11. The highest BCUT2D eigenvalue weighted by Crippen LogP contribution is 2.15. The van der Waals surface area contributed by atoms with Crippen LogP contribution in [0.2, 0.25) is 0 Å². The first-order valence-corrected chi connectivity index (χ1v) is 7.35. The Labute approximate surface area is 130 Å². The van der Waals surface area contributed by atoms with Crippen molar-refractivity contribution in [1.82, 2.24) is 4.98 Å². The Morgan fingerprint density at radius 3 is 2.68 bits per heavy atom. The number of unbranched alkanes of at least 4 members (excludes halogenated alkanes) is 1. The molecule has 1 aromatic heterocycles. The van der Waals surface area contributed by atoms with Gasteiger partial charge in [0.25, 0.3) is 5.91 Å². The Morgan fingerprint density at radius 1 is 1.27 bits per heavy atom. The first-order chi connectivity index (χ1) is 10.6. The van der Waals surface area contributed by atoms with E-state index in [1.165, 1.54) is 12.1 Å². The van der Waals surface area contributed by atoms with Crippen molar-refractivity contribution < 1.29 is 9.18 Å². The molecule has 0 saturated heterocycles. The molecule has 22 heavy (non-hydrogen) atoms. The predicted octanol–water partition coefficient (Wildman–Crippen LogP) is 3.71. The van der Waals surface area contributed by atoms with Crippen molar-refractivity contribution in [2.24, 2.45) is 0 Å². The molecular formula is C17H20FN3O. The summed E-state index contributed by atoms with van der Waals surface area (Å²) >= 11 is 0. The lowest BCUT2D eigenvalue weighted by molar-refractivity contribution is 0.102. The van der Waals surface area contributed by atoms with Gasteiger partial charge in [-0.25, -0.2) is 9.37 Å². The molecule has 1 N–H and O–H groups in total. The van der Waals surface area contributed by atoms with Gasteiger partial charge in [0.15, 0.2) is 0 Å². The monoisotopic (exact) mass is 301 g/mol. The Morgan fingerprint density at radius 2 is 2.05 bits per heavy atom. The van der Waals surface area contributed by atoms with E-state index in [4.69, 9.17) is 0 Å². The molecule has 1 amide bonds. The molecule has 5 heteroatoms. The lowest BCUT2D eigenvalue weighted by Crippen LogP contribution is -2.19. The van der Waals surface area contributed by atoms with Gasteiger partial charge >= 0.3 is 0 Å². The van der Waals surface area contributed by atoms with Gasteiger partial charge in [0.05, 0.1) is 17.4 Å². The molecule has 1 heterocycles. The van der Waals surface area contributed by atoms with E-state index in [0.717, 1.165) is 25.2 Å². The van der Waals surface area contributed by atoms with Crippen LogP contribution in [-0.2, 0) is 0 Å². The maximum Gasteiger partial charge on any atom is 0.258 e. The number of aromatic nitrogens is 1. The zero-order valence-electron chi connectivity index (χ0n) is 12.8. The van der Waals surface area contributed by atoms with Crippen LogP contribution in [0.15, 0.2) is 42.6 Å². The van der Waals surface area contributed by atoms with Crippen molar-refractivity contribution in [1.29, 1.82) is 0 Å². The zero-order valence-corrected chi connectivity index (χ0v) is 12.8. The van der Waals surface area contributed by atoms with Gasteiger partial charge in [0.1, 0.15) is 11.6 Å². The van der Waals surface area contributed by atoms with E-state index in [-0.39, 0.29) is 5.56 Å². The fourth-order valence-electron chi connectivity index (χ4n) is 2.04. The highest BCUT2D eigenvalue weighted by Gasteiger charge is 2.11. The van der Waals surface area contributed by atoms with Crippen molar-refractivity contribution in [3.8, 4) is 0 Å². The highest BCUT2D eigenvalue weighted by atomic mass is 19.1. The Bertz CT molecular complexity index is 628. The van der Waals surface area contributed by atoms with Crippen molar-refractivity contribution in [3.63, 3.8) is 0 Å². The fourth-order valence-corrected chi connectivity index (χ4v) is 2.04. The van der Waals surface area contributed by atoms with Gasteiger partial charge in [-0.3, -0.25) is 4.79 Å². The number of hydrogen-bond acceptors (Lipinski definition) is 3. The topological polar surface area (TPSA) is 45.2 Å². The second-order valence-corrected chi connectivity index (χ2v) is 5.11. The van der Waals surface area contributed by atoms with Crippen molar-refractivity contribution in [2.45, 2.75) is 19.8 Å². The molecule has 0 unspecified atom stereocenters. The van der Waals surface area contributed by atoms with Crippen LogP contribution in [0.1, 0.15) is 30.1 Å². The normalized spacial score (nSPS) is 10.3. The molecule has 0 radical (unpaired) electrons. The van der Waals surface area contributed by atoms with Crippen LogP contribution in [0.3, 0.4) is 0 Å². The number of nitrogens with zero attached hydrogens (tertiary/aromatic N) is 2. The summed E-state index contributed by atoms with van der Waals surface area (Å²) in [7, 11) is 1.98. The van der Waals surface area contributed by atoms with Gasteiger partial charge in [0.2, 0.25) is 0 Å². The minimum absolute atomic E-state index is 0.0200. The third-order valence-corrected chi connectivity index (χ3v) is 3.36. The summed E-state index contributed by atoms with van der Waals surface area (Å²) in [5.41, 5.74) is 0.563. The number of carbonyl (C=O) groups excluding carboxylic acids is 1. The number of amides is 1. The number of benzene rings is 1. The summed E-state index contributed by atoms with van der Waals surface area (Å²) < 4.78 is 13.5. The summed E-state index contributed by atoms with van der Waals surface area (Å²) in [5.74, 6) is -0.173. The quantitative estimate of drug-likeness (QED) is 0.884. The average Bonchev–Trinajstić information content (AvgIpc) is 2.53. The third kappa shape index (κ3) is 4.04. The standard InChI is InChI=1S/C17H20FN3O/c1-3-4-11-21(2)16-10-9-13(12-19-16)20-17(22)14-7-5-6-8-15(14)18/h5-10,12H,3-4,11H2,1-2H3,(H,20,22). The number of halogens is 1. The summed E-state index contributed by atoms with van der Waals surface area (Å²) in [5, 5.41) is 2.65. The van der Waals surface area contributed by atoms with E-state index in [1.807, 2.05) is 13.1 Å². The molecular weight excluding hydrogens is 281 g/mol. The number of carbonyl (C=O) groups is 1. The summed E-state index contributed by atoms with van der Waals surface area (Å²) in [6, 6.07) is 9.50. The minimum Gasteiger partial charge on any atom is -0.360 e. The first-order valence-electron chi connectivity index (χ1n) is 7.35. The van der Waals surface area contributed by atoms with Crippen LogP contribution < -0.4 is 10.2 Å². The Hall–Kier alpha value is -2.43. The van der Waals surface area contributed by atoms with Crippen LogP contribution in [-0.4, -0.2) is 24.5 Å². The van der Waals surface area contributed by atoms with E-state index in [9.17, 15) is 9.18 Å². The largest absolute Gasteiger partial charge is 0.360 e. The van der Waals surface area contributed by atoms with Crippen LogP contribution >= 0.6 is 0 Å². The number of rotatable bonds is 6. The van der Waals surface area contributed by atoms with Gasteiger partial charge in [-0.15, -0.1) is 0 Å². The highest BCUT2D eigenvalue weighted by molar-refractivity contribution is 6.04. The Kier molecular flexibility index (Phi) is 5.47. The molecule has 0 aliphatic carbocycles.